The Kier molecular flexibility index (Phi) is 5.14. The van der Waals surface area contributed by atoms with E-state index in [2.05, 4.69) is 0 Å². The predicted molar refractivity (Wildman–Crippen MR) is 104 cm³/mol. The van der Waals surface area contributed by atoms with Crippen LogP contribution in [0.25, 0.3) is 6.08 Å². The molecule has 4 heteroatoms. The SMILES string of the molecule is Cc1ccc(C(=O)/C(=C/c2ccccc2)S(=O)(=O)c2ccccc2)cc1. The molecule has 3 rings (SSSR count). The van der Waals surface area contributed by atoms with Gasteiger partial charge in [-0.2, -0.15) is 0 Å². The van der Waals surface area contributed by atoms with Crippen molar-refractivity contribution in [1.82, 2.24) is 0 Å². The van der Waals surface area contributed by atoms with E-state index in [1.54, 1.807) is 66.7 Å². The van der Waals surface area contributed by atoms with Gasteiger partial charge >= 0.3 is 0 Å². The number of carbonyl (C=O) groups is 1. The second-order valence-corrected chi connectivity index (χ2v) is 7.85. The molecule has 0 radical (unpaired) electrons. The second-order valence-electron chi connectivity index (χ2n) is 5.93. The van der Waals surface area contributed by atoms with E-state index in [1.165, 1.54) is 18.2 Å². The Hall–Kier alpha value is -2.98. The molecule has 0 amide bonds. The molecular weight excluding hydrogens is 344 g/mol. The van der Waals surface area contributed by atoms with Crippen LogP contribution in [0.1, 0.15) is 21.5 Å². The summed E-state index contributed by atoms with van der Waals surface area (Å²) >= 11 is 0. The number of ketones is 1. The van der Waals surface area contributed by atoms with E-state index in [1.807, 2.05) is 13.0 Å². The Bertz CT molecular complexity index is 1030. The van der Waals surface area contributed by atoms with Crippen molar-refractivity contribution in [3.8, 4) is 0 Å². The van der Waals surface area contributed by atoms with E-state index in [0.29, 0.717) is 11.1 Å². The van der Waals surface area contributed by atoms with Crippen LogP contribution in [0.2, 0.25) is 0 Å². The lowest BCUT2D eigenvalue weighted by Gasteiger charge is -2.10. The van der Waals surface area contributed by atoms with Crippen molar-refractivity contribution in [2.75, 3.05) is 0 Å². The number of hydrogen-bond donors (Lipinski definition) is 0. The fourth-order valence-electron chi connectivity index (χ4n) is 2.54. The molecule has 0 bridgehead atoms. The van der Waals surface area contributed by atoms with Crippen LogP contribution in [0, 0.1) is 6.92 Å². The average molecular weight is 362 g/mol. The van der Waals surface area contributed by atoms with Crippen molar-refractivity contribution >= 4 is 21.7 Å². The van der Waals surface area contributed by atoms with Gasteiger partial charge in [0.15, 0.2) is 0 Å². The van der Waals surface area contributed by atoms with Gasteiger partial charge in [0, 0.05) is 5.56 Å². The zero-order chi connectivity index (χ0) is 18.6. The van der Waals surface area contributed by atoms with Gasteiger partial charge in [-0.15, -0.1) is 0 Å². The summed E-state index contributed by atoms with van der Waals surface area (Å²) in [6, 6.07) is 23.9. The summed E-state index contributed by atoms with van der Waals surface area (Å²) in [5, 5.41) is 0. The third-order valence-corrected chi connectivity index (χ3v) is 5.75. The second kappa shape index (κ2) is 7.50. The molecule has 3 aromatic carbocycles. The minimum atomic E-state index is -3.95. The maximum Gasteiger partial charge on any atom is 0.210 e. The Balaban J connectivity index is 2.16. The lowest BCUT2D eigenvalue weighted by Crippen LogP contribution is -2.14. The molecule has 0 heterocycles. The standard InChI is InChI=1S/C22H18O3S/c1-17-12-14-19(15-13-17)22(23)21(16-18-8-4-2-5-9-18)26(24,25)20-10-6-3-7-11-20/h2-16H,1H3/b21-16-. The Morgan fingerprint density at radius 2 is 1.31 bits per heavy atom. The summed E-state index contributed by atoms with van der Waals surface area (Å²) in [4.78, 5) is 12.9. The molecule has 3 aromatic rings. The molecule has 3 nitrogen and oxygen atoms in total. The van der Waals surface area contributed by atoms with Crippen molar-refractivity contribution in [3.05, 3.63) is 107 Å². The van der Waals surface area contributed by atoms with Crippen molar-refractivity contribution in [3.63, 3.8) is 0 Å². The van der Waals surface area contributed by atoms with E-state index < -0.39 is 15.6 Å². The summed E-state index contributed by atoms with van der Waals surface area (Å²) in [6.45, 7) is 1.91. The maximum atomic E-state index is 13.1. The maximum absolute atomic E-state index is 13.1. The third-order valence-electron chi connectivity index (χ3n) is 3.98. The van der Waals surface area contributed by atoms with Crippen molar-refractivity contribution in [2.45, 2.75) is 11.8 Å². The highest BCUT2D eigenvalue weighted by Gasteiger charge is 2.27. The quantitative estimate of drug-likeness (QED) is 0.489. The highest BCUT2D eigenvalue weighted by molar-refractivity contribution is 7.96. The van der Waals surface area contributed by atoms with Crippen LogP contribution in [0.5, 0.6) is 0 Å². The zero-order valence-electron chi connectivity index (χ0n) is 14.3. The molecule has 0 atom stereocenters. The smallest absolute Gasteiger partial charge is 0.210 e. The van der Waals surface area contributed by atoms with E-state index in [4.69, 9.17) is 0 Å². The van der Waals surface area contributed by atoms with Gasteiger partial charge in [-0.25, -0.2) is 8.42 Å². The molecule has 0 aliphatic carbocycles. The predicted octanol–water partition coefficient (Wildman–Crippen LogP) is 4.69. The number of benzene rings is 3. The van der Waals surface area contributed by atoms with Crippen molar-refractivity contribution in [2.24, 2.45) is 0 Å². The number of sulfone groups is 1. The summed E-state index contributed by atoms with van der Waals surface area (Å²) in [7, 11) is -3.95. The monoisotopic (exact) mass is 362 g/mol. The fourth-order valence-corrected chi connectivity index (χ4v) is 3.96. The first-order chi connectivity index (χ1) is 12.5. The van der Waals surface area contributed by atoms with E-state index in [-0.39, 0.29) is 9.80 Å². The Labute approximate surface area is 153 Å². The van der Waals surface area contributed by atoms with Gasteiger partial charge in [0.1, 0.15) is 4.91 Å². The molecule has 26 heavy (non-hydrogen) atoms. The van der Waals surface area contributed by atoms with Gasteiger partial charge in [-0.3, -0.25) is 4.79 Å². The van der Waals surface area contributed by atoms with Gasteiger partial charge in [-0.1, -0.05) is 78.4 Å². The molecule has 0 N–H and O–H groups in total. The number of allylic oxidation sites excluding steroid dienone is 1. The highest BCUT2D eigenvalue weighted by atomic mass is 32.2. The molecule has 130 valence electrons. The Morgan fingerprint density at radius 1 is 0.769 bits per heavy atom. The Morgan fingerprint density at radius 3 is 1.88 bits per heavy atom. The normalized spacial score (nSPS) is 12.0. The summed E-state index contributed by atoms with van der Waals surface area (Å²) in [5.41, 5.74) is 2.00. The van der Waals surface area contributed by atoms with Gasteiger partial charge in [-0.05, 0) is 30.7 Å². The minimum absolute atomic E-state index is 0.0997. The van der Waals surface area contributed by atoms with Gasteiger partial charge in [0.25, 0.3) is 0 Å². The molecule has 0 spiro atoms. The molecule has 0 fully saturated rings. The lowest BCUT2D eigenvalue weighted by molar-refractivity contribution is 0.104. The first-order valence-corrected chi connectivity index (χ1v) is 9.65. The van der Waals surface area contributed by atoms with E-state index in [9.17, 15) is 13.2 Å². The molecule has 0 aromatic heterocycles. The molecule has 0 unspecified atom stereocenters. The molecular formula is C22H18O3S. The number of aryl methyl sites for hydroxylation is 1. The van der Waals surface area contributed by atoms with Gasteiger partial charge in [0.05, 0.1) is 4.90 Å². The van der Waals surface area contributed by atoms with Crippen LogP contribution >= 0.6 is 0 Å². The summed E-state index contributed by atoms with van der Waals surface area (Å²) < 4.78 is 26.3. The highest BCUT2D eigenvalue weighted by Crippen LogP contribution is 2.25. The molecule has 0 saturated carbocycles. The number of Topliss-reactive ketones (excluding diaryl/α,β-unsaturated/α-hetero) is 1. The number of carbonyl (C=O) groups excluding carboxylic acids is 1. The van der Waals surface area contributed by atoms with E-state index >= 15 is 0 Å². The average Bonchev–Trinajstić information content (AvgIpc) is 2.67. The lowest BCUT2D eigenvalue weighted by atomic mass is 10.1. The van der Waals surface area contributed by atoms with Crippen LogP contribution in [0.3, 0.4) is 0 Å². The number of hydrogen-bond acceptors (Lipinski definition) is 3. The third kappa shape index (κ3) is 3.81. The molecule has 0 saturated heterocycles. The van der Waals surface area contributed by atoms with Crippen LogP contribution in [-0.4, -0.2) is 14.2 Å². The van der Waals surface area contributed by atoms with Gasteiger partial charge in [0.2, 0.25) is 15.6 Å². The minimum Gasteiger partial charge on any atom is -0.288 e. The largest absolute Gasteiger partial charge is 0.288 e. The molecule has 0 aliphatic rings. The van der Waals surface area contributed by atoms with Crippen molar-refractivity contribution < 1.29 is 13.2 Å². The first kappa shape index (κ1) is 17.8. The fraction of sp³-hybridized carbons (Fsp3) is 0.0455. The van der Waals surface area contributed by atoms with Crippen LogP contribution < -0.4 is 0 Å². The van der Waals surface area contributed by atoms with E-state index in [0.717, 1.165) is 5.56 Å². The van der Waals surface area contributed by atoms with Gasteiger partial charge < -0.3 is 0 Å². The first-order valence-electron chi connectivity index (χ1n) is 8.17. The summed E-state index contributed by atoms with van der Waals surface area (Å²) in [5.74, 6) is -0.516. The summed E-state index contributed by atoms with van der Waals surface area (Å²) in [6.07, 6.45) is 1.44. The number of rotatable bonds is 5. The zero-order valence-corrected chi connectivity index (χ0v) is 15.1. The van der Waals surface area contributed by atoms with Crippen LogP contribution in [0.15, 0.2) is 94.7 Å². The molecule has 0 aliphatic heterocycles. The topological polar surface area (TPSA) is 51.2 Å². The van der Waals surface area contributed by atoms with Crippen molar-refractivity contribution in [1.29, 1.82) is 0 Å². The van der Waals surface area contributed by atoms with Crippen LogP contribution in [-0.2, 0) is 9.84 Å². The van der Waals surface area contributed by atoms with Crippen LogP contribution in [0.4, 0.5) is 0 Å².